The van der Waals surface area contributed by atoms with Crippen molar-refractivity contribution in [1.82, 2.24) is 5.32 Å². The van der Waals surface area contributed by atoms with Crippen LogP contribution >= 0.6 is 0 Å². The third kappa shape index (κ3) is 2.98. The van der Waals surface area contributed by atoms with E-state index in [2.05, 4.69) is 10.6 Å². The summed E-state index contributed by atoms with van der Waals surface area (Å²) in [5.41, 5.74) is 0.668. The van der Waals surface area contributed by atoms with Crippen LogP contribution in [-0.2, 0) is 9.59 Å². The lowest BCUT2D eigenvalue weighted by atomic mass is 10.2. The number of hydrogen-bond donors (Lipinski definition) is 2. The van der Waals surface area contributed by atoms with Crippen LogP contribution in [0.4, 0.5) is 5.69 Å². The van der Waals surface area contributed by atoms with Gasteiger partial charge in [-0.05, 0) is 31.4 Å². The van der Waals surface area contributed by atoms with Crippen molar-refractivity contribution in [2.75, 3.05) is 12.1 Å². The van der Waals surface area contributed by atoms with Crippen LogP contribution in [0.1, 0.15) is 32.1 Å². The number of carbonyl (C=O) groups is 2. The van der Waals surface area contributed by atoms with E-state index in [1.165, 1.54) is 12.8 Å². The lowest BCUT2D eigenvalue weighted by Crippen LogP contribution is -2.34. The summed E-state index contributed by atoms with van der Waals surface area (Å²) in [5.74, 6) is 0.849. The monoisotopic (exact) mass is 316 g/mol. The molecule has 1 heterocycles. The zero-order chi connectivity index (χ0) is 15.8. The summed E-state index contributed by atoms with van der Waals surface area (Å²) >= 11 is 0. The Hall–Kier alpha value is -2.24. The highest BCUT2D eigenvalue weighted by atomic mass is 16.7. The van der Waals surface area contributed by atoms with Crippen LogP contribution in [-0.4, -0.2) is 24.6 Å². The lowest BCUT2D eigenvalue weighted by molar-refractivity contribution is -0.125. The van der Waals surface area contributed by atoms with Gasteiger partial charge in [-0.15, -0.1) is 0 Å². The van der Waals surface area contributed by atoms with Crippen LogP contribution in [0, 0.1) is 11.8 Å². The molecule has 2 N–H and O–H groups in total. The van der Waals surface area contributed by atoms with E-state index in [9.17, 15) is 9.59 Å². The van der Waals surface area contributed by atoms with Gasteiger partial charge in [-0.1, -0.05) is 12.8 Å². The molecule has 6 heteroatoms. The van der Waals surface area contributed by atoms with Gasteiger partial charge in [0.05, 0.1) is 11.8 Å². The first-order valence-electron chi connectivity index (χ1n) is 8.21. The SMILES string of the molecule is O=C(Nc1ccc2c(c1)OCO2)C1CC1C(=O)NC1CCCC1. The van der Waals surface area contributed by atoms with Crippen molar-refractivity contribution in [2.45, 2.75) is 38.1 Å². The zero-order valence-electron chi connectivity index (χ0n) is 12.8. The van der Waals surface area contributed by atoms with Crippen molar-refractivity contribution >= 4 is 17.5 Å². The molecule has 4 rings (SSSR count). The highest BCUT2D eigenvalue weighted by molar-refractivity contribution is 5.99. The van der Waals surface area contributed by atoms with E-state index in [-0.39, 0.29) is 30.4 Å². The molecule has 0 saturated heterocycles. The van der Waals surface area contributed by atoms with Crippen LogP contribution in [0.25, 0.3) is 0 Å². The Morgan fingerprint density at radius 1 is 1.00 bits per heavy atom. The van der Waals surface area contributed by atoms with Crippen LogP contribution < -0.4 is 20.1 Å². The van der Waals surface area contributed by atoms with Gasteiger partial charge in [0.25, 0.3) is 0 Å². The summed E-state index contributed by atoms with van der Waals surface area (Å²) < 4.78 is 10.5. The van der Waals surface area contributed by atoms with E-state index in [1.807, 2.05) is 0 Å². The quantitative estimate of drug-likeness (QED) is 0.891. The fraction of sp³-hybridized carbons (Fsp3) is 0.529. The van der Waals surface area contributed by atoms with Gasteiger partial charge >= 0.3 is 0 Å². The molecule has 122 valence electrons. The minimum Gasteiger partial charge on any atom is -0.454 e. The average molecular weight is 316 g/mol. The second-order valence-corrected chi connectivity index (χ2v) is 6.50. The van der Waals surface area contributed by atoms with Gasteiger partial charge in [-0.3, -0.25) is 9.59 Å². The molecule has 6 nitrogen and oxygen atoms in total. The molecule has 2 saturated carbocycles. The maximum atomic E-state index is 12.3. The summed E-state index contributed by atoms with van der Waals surface area (Å²) in [6.45, 7) is 0.207. The Morgan fingerprint density at radius 2 is 1.74 bits per heavy atom. The molecular weight excluding hydrogens is 296 g/mol. The number of carbonyl (C=O) groups excluding carboxylic acids is 2. The van der Waals surface area contributed by atoms with Crippen molar-refractivity contribution in [3.05, 3.63) is 18.2 Å². The summed E-state index contributed by atoms with van der Waals surface area (Å²) in [4.78, 5) is 24.4. The molecule has 3 aliphatic rings. The Morgan fingerprint density at radius 3 is 2.57 bits per heavy atom. The molecule has 0 spiro atoms. The molecule has 2 fully saturated rings. The minimum atomic E-state index is -0.221. The van der Waals surface area contributed by atoms with Gasteiger partial charge in [0, 0.05) is 17.8 Å². The predicted octanol–water partition coefficient (Wildman–Crippen LogP) is 2.05. The first-order chi connectivity index (χ1) is 11.2. The third-order valence-corrected chi connectivity index (χ3v) is 4.81. The van der Waals surface area contributed by atoms with Crippen molar-refractivity contribution in [2.24, 2.45) is 11.8 Å². The smallest absolute Gasteiger partial charge is 0.231 e. The minimum absolute atomic E-state index is 0.0303. The molecular formula is C17H20N2O4. The highest BCUT2D eigenvalue weighted by Gasteiger charge is 2.48. The lowest BCUT2D eigenvalue weighted by Gasteiger charge is -2.11. The largest absolute Gasteiger partial charge is 0.454 e. The van der Waals surface area contributed by atoms with Gasteiger partial charge in [0.15, 0.2) is 11.5 Å². The van der Waals surface area contributed by atoms with Crippen molar-refractivity contribution < 1.29 is 19.1 Å². The number of benzene rings is 1. The first kappa shape index (κ1) is 14.4. The molecule has 2 amide bonds. The number of rotatable bonds is 4. The molecule has 1 aromatic carbocycles. The number of nitrogens with one attached hydrogen (secondary N) is 2. The van der Waals surface area contributed by atoms with Crippen molar-refractivity contribution in [3.63, 3.8) is 0 Å². The molecule has 0 radical (unpaired) electrons. The summed E-state index contributed by atoms with van der Waals surface area (Å²) in [7, 11) is 0. The number of anilines is 1. The van der Waals surface area contributed by atoms with Crippen LogP contribution in [0.3, 0.4) is 0 Å². The Labute approximate surface area is 134 Å². The van der Waals surface area contributed by atoms with E-state index < -0.39 is 0 Å². The number of ether oxygens (including phenoxy) is 2. The van der Waals surface area contributed by atoms with E-state index in [4.69, 9.17) is 9.47 Å². The average Bonchev–Trinajstić information content (AvgIpc) is 2.94. The molecule has 2 aliphatic carbocycles. The van der Waals surface area contributed by atoms with Gasteiger partial charge in [-0.2, -0.15) is 0 Å². The zero-order valence-corrected chi connectivity index (χ0v) is 12.8. The Balaban J connectivity index is 1.31. The van der Waals surface area contributed by atoms with Crippen molar-refractivity contribution in [3.8, 4) is 11.5 Å². The predicted molar refractivity (Wildman–Crippen MR) is 83.2 cm³/mol. The molecule has 23 heavy (non-hydrogen) atoms. The molecule has 0 aromatic heterocycles. The van der Waals surface area contributed by atoms with Gasteiger partial charge in [0.2, 0.25) is 18.6 Å². The van der Waals surface area contributed by atoms with Gasteiger partial charge in [-0.25, -0.2) is 0 Å². The summed E-state index contributed by atoms with van der Waals surface area (Å²) in [5, 5.41) is 5.93. The van der Waals surface area contributed by atoms with E-state index >= 15 is 0 Å². The van der Waals surface area contributed by atoms with Crippen molar-refractivity contribution in [1.29, 1.82) is 0 Å². The maximum absolute atomic E-state index is 12.3. The summed E-state index contributed by atoms with van der Waals surface area (Å²) in [6.07, 6.45) is 5.13. The van der Waals surface area contributed by atoms with Gasteiger partial charge < -0.3 is 20.1 Å². The molecule has 1 aliphatic heterocycles. The second-order valence-electron chi connectivity index (χ2n) is 6.50. The molecule has 0 bridgehead atoms. The number of hydrogen-bond acceptors (Lipinski definition) is 4. The second kappa shape index (κ2) is 5.76. The Bertz CT molecular complexity index is 639. The van der Waals surface area contributed by atoms with E-state index in [0.717, 1.165) is 12.8 Å². The first-order valence-corrected chi connectivity index (χ1v) is 8.21. The van der Waals surface area contributed by atoms with Crippen LogP contribution in [0.5, 0.6) is 11.5 Å². The third-order valence-electron chi connectivity index (χ3n) is 4.81. The Kier molecular flexibility index (Phi) is 3.59. The molecule has 2 atom stereocenters. The van der Waals surface area contributed by atoms with E-state index in [0.29, 0.717) is 29.6 Å². The summed E-state index contributed by atoms with van der Waals surface area (Å²) in [6, 6.07) is 5.60. The molecule has 2 unspecified atom stereocenters. The maximum Gasteiger partial charge on any atom is 0.231 e. The standard InChI is InChI=1S/C17H20N2O4/c20-16(18-10-3-1-2-4-10)12-8-13(12)17(21)19-11-5-6-14-15(7-11)23-9-22-14/h5-7,10,12-13H,1-4,8-9H2,(H,18,20)(H,19,21). The number of fused-ring (bicyclic) bond motifs is 1. The molecule has 1 aromatic rings. The van der Waals surface area contributed by atoms with Gasteiger partial charge in [0.1, 0.15) is 0 Å². The fourth-order valence-electron chi connectivity index (χ4n) is 3.36. The van der Waals surface area contributed by atoms with Crippen LogP contribution in [0.2, 0.25) is 0 Å². The van der Waals surface area contributed by atoms with Crippen LogP contribution in [0.15, 0.2) is 18.2 Å². The number of amides is 2. The fourth-order valence-corrected chi connectivity index (χ4v) is 3.36. The normalized spacial score (nSPS) is 25.2. The topological polar surface area (TPSA) is 76.7 Å². The highest BCUT2D eigenvalue weighted by Crippen LogP contribution is 2.41. The van der Waals surface area contributed by atoms with E-state index in [1.54, 1.807) is 18.2 Å².